The van der Waals surface area contributed by atoms with Crippen LogP contribution in [0.15, 0.2) is 28.2 Å². The van der Waals surface area contributed by atoms with Gasteiger partial charge in [-0.25, -0.2) is 0 Å². The summed E-state index contributed by atoms with van der Waals surface area (Å²) < 4.78 is 0.970. The summed E-state index contributed by atoms with van der Waals surface area (Å²) in [5.41, 5.74) is 6.74. The van der Waals surface area contributed by atoms with Crippen molar-refractivity contribution in [2.24, 2.45) is 5.73 Å². The highest BCUT2D eigenvalue weighted by molar-refractivity contribution is 9.10. The third-order valence-electron chi connectivity index (χ3n) is 2.06. The standard InChI is InChI=1S/C10H7BrCl2N2S/c11-6-1-2-16-10(6)8(14)9-7(13)3-5(12)4-15-9/h1-4,8H,14H2. The van der Waals surface area contributed by atoms with Gasteiger partial charge in [0, 0.05) is 15.5 Å². The van der Waals surface area contributed by atoms with Crippen LogP contribution in [0.2, 0.25) is 10.0 Å². The lowest BCUT2D eigenvalue weighted by molar-refractivity contribution is 0.843. The molecule has 0 radical (unpaired) electrons. The topological polar surface area (TPSA) is 38.9 Å². The molecule has 0 saturated heterocycles. The van der Waals surface area contributed by atoms with Gasteiger partial charge in [-0.1, -0.05) is 23.2 Å². The fourth-order valence-corrected chi connectivity index (χ4v) is 3.43. The Morgan fingerprint density at radius 3 is 2.75 bits per heavy atom. The van der Waals surface area contributed by atoms with Gasteiger partial charge in [-0.2, -0.15) is 0 Å². The maximum absolute atomic E-state index is 6.10. The predicted molar refractivity (Wildman–Crippen MR) is 72.3 cm³/mol. The number of halogens is 3. The van der Waals surface area contributed by atoms with Crippen molar-refractivity contribution in [3.63, 3.8) is 0 Å². The van der Waals surface area contributed by atoms with Gasteiger partial charge >= 0.3 is 0 Å². The summed E-state index contributed by atoms with van der Waals surface area (Å²) in [5, 5.41) is 2.95. The van der Waals surface area contributed by atoms with E-state index in [1.165, 1.54) is 0 Å². The molecule has 2 nitrogen and oxygen atoms in total. The number of nitrogens with zero attached hydrogens (tertiary/aromatic N) is 1. The van der Waals surface area contributed by atoms with Crippen LogP contribution in [0, 0.1) is 0 Å². The van der Waals surface area contributed by atoms with Crippen LogP contribution < -0.4 is 5.73 Å². The van der Waals surface area contributed by atoms with Gasteiger partial charge in [0.25, 0.3) is 0 Å². The second-order valence-electron chi connectivity index (χ2n) is 3.13. The number of hydrogen-bond acceptors (Lipinski definition) is 3. The molecular weight excluding hydrogens is 331 g/mol. The highest BCUT2D eigenvalue weighted by Crippen LogP contribution is 2.33. The van der Waals surface area contributed by atoms with Crippen LogP contribution in [0.3, 0.4) is 0 Å². The lowest BCUT2D eigenvalue weighted by Crippen LogP contribution is -2.13. The Balaban J connectivity index is 2.41. The van der Waals surface area contributed by atoms with Gasteiger partial charge in [0.05, 0.1) is 21.8 Å². The highest BCUT2D eigenvalue weighted by atomic mass is 79.9. The highest BCUT2D eigenvalue weighted by Gasteiger charge is 2.18. The fourth-order valence-electron chi connectivity index (χ4n) is 1.31. The molecule has 2 N–H and O–H groups in total. The Morgan fingerprint density at radius 2 is 2.19 bits per heavy atom. The first kappa shape index (κ1) is 12.3. The third-order valence-corrected chi connectivity index (χ3v) is 4.52. The first-order valence-corrected chi connectivity index (χ1v) is 6.82. The van der Waals surface area contributed by atoms with Crippen LogP contribution in [-0.4, -0.2) is 4.98 Å². The van der Waals surface area contributed by atoms with Gasteiger partial charge in [0.2, 0.25) is 0 Å². The molecule has 2 rings (SSSR count). The molecule has 0 bridgehead atoms. The predicted octanol–water partition coefficient (Wildman–Crippen LogP) is 4.26. The molecule has 2 heterocycles. The molecule has 6 heteroatoms. The summed E-state index contributed by atoms with van der Waals surface area (Å²) in [6, 6.07) is 3.26. The van der Waals surface area contributed by atoms with Gasteiger partial charge in [-0.15, -0.1) is 11.3 Å². The minimum atomic E-state index is -0.334. The minimum absolute atomic E-state index is 0.334. The lowest BCUT2D eigenvalue weighted by atomic mass is 10.1. The summed E-state index contributed by atoms with van der Waals surface area (Å²) in [4.78, 5) is 5.17. The molecule has 84 valence electrons. The van der Waals surface area contributed by atoms with Gasteiger partial charge < -0.3 is 5.73 Å². The maximum Gasteiger partial charge on any atom is 0.0846 e. The quantitative estimate of drug-likeness (QED) is 0.889. The van der Waals surface area contributed by atoms with Crippen molar-refractivity contribution in [2.75, 3.05) is 0 Å². The van der Waals surface area contributed by atoms with Crippen molar-refractivity contribution in [3.05, 3.63) is 48.8 Å². The van der Waals surface area contributed by atoms with E-state index in [2.05, 4.69) is 20.9 Å². The molecule has 1 atom stereocenters. The molecule has 0 fully saturated rings. The Morgan fingerprint density at radius 1 is 1.44 bits per heavy atom. The van der Waals surface area contributed by atoms with E-state index in [0.29, 0.717) is 15.7 Å². The summed E-state index contributed by atoms with van der Waals surface area (Å²) in [5.74, 6) is 0. The van der Waals surface area contributed by atoms with Gasteiger partial charge in [-0.05, 0) is 33.4 Å². The van der Waals surface area contributed by atoms with E-state index in [1.54, 1.807) is 23.6 Å². The Bertz CT molecular complexity index is 515. The van der Waals surface area contributed by atoms with E-state index in [1.807, 2.05) is 11.4 Å². The van der Waals surface area contributed by atoms with E-state index < -0.39 is 0 Å². The fraction of sp³-hybridized carbons (Fsp3) is 0.100. The van der Waals surface area contributed by atoms with Crippen LogP contribution in [0.25, 0.3) is 0 Å². The number of pyridine rings is 1. The van der Waals surface area contributed by atoms with Crippen molar-refractivity contribution in [1.82, 2.24) is 4.98 Å². The molecule has 1 unspecified atom stereocenters. The van der Waals surface area contributed by atoms with E-state index in [9.17, 15) is 0 Å². The molecule has 0 saturated carbocycles. The number of hydrogen-bond donors (Lipinski definition) is 1. The molecule has 0 amide bonds. The summed E-state index contributed by atoms with van der Waals surface area (Å²) in [7, 11) is 0. The van der Waals surface area contributed by atoms with Crippen LogP contribution in [0.4, 0.5) is 0 Å². The summed E-state index contributed by atoms with van der Waals surface area (Å²) in [6.07, 6.45) is 1.55. The number of nitrogens with two attached hydrogens (primary N) is 1. The summed E-state index contributed by atoms with van der Waals surface area (Å²) in [6.45, 7) is 0. The second-order valence-corrected chi connectivity index (χ2v) is 5.78. The Hall–Kier alpha value is -0.130. The summed E-state index contributed by atoms with van der Waals surface area (Å²) >= 11 is 16.8. The normalized spacial score (nSPS) is 12.8. The van der Waals surface area contributed by atoms with Crippen molar-refractivity contribution < 1.29 is 0 Å². The zero-order valence-electron chi connectivity index (χ0n) is 7.95. The van der Waals surface area contributed by atoms with Crippen molar-refractivity contribution in [2.45, 2.75) is 6.04 Å². The minimum Gasteiger partial charge on any atom is -0.318 e. The van der Waals surface area contributed by atoms with Crippen molar-refractivity contribution >= 4 is 50.5 Å². The molecule has 16 heavy (non-hydrogen) atoms. The Kier molecular flexibility index (Phi) is 3.87. The number of aromatic nitrogens is 1. The van der Waals surface area contributed by atoms with Crippen LogP contribution in [0.5, 0.6) is 0 Å². The van der Waals surface area contributed by atoms with E-state index in [4.69, 9.17) is 28.9 Å². The van der Waals surface area contributed by atoms with Crippen molar-refractivity contribution in [3.8, 4) is 0 Å². The van der Waals surface area contributed by atoms with Crippen LogP contribution >= 0.6 is 50.5 Å². The van der Waals surface area contributed by atoms with E-state index in [-0.39, 0.29) is 6.04 Å². The zero-order valence-corrected chi connectivity index (χ0v) is 11.9. The van der Waals surface area contributed by atoms with E-state index >= 15 is 0 Å². The van der Waals surface area contributed by atoms with Gasteiger partial charge in [0.1, 0.15) is 0 Å². The van der Waals surface area contributed by atoms with E-state index in [0.717, 1.165) is 9.35 Å². The van der Waals surface area contributed by atoms with Crippen LogP contribution in [0.1, 0.15) is 16.6 Å². The van der Waals surface area contributed by atoms with Crippen LogP contribution in [-0.2, 0) is 0 Å². The molecule has 2 aromatic rings. The number of thiophene rings is 1. The molecule has 0 aromatic carbocycles. The molecular formula is C10H7BrCl2N2S. The molecule has 2 aromatic heterocycles. The maximum atomic E-state index is 6.10. The molecule has 0 spiro atoms. The first-order valence-electron chi connectivity index (χ1n) is 4.39. The smallest absolute Gasteiger partial charge is 0.0846 e. The van der Waals surface area contributed by atoms with Crippen molar-refractivity contribution in [1.29, 1.82) is 0 Å². The SMILES string of the molecule is NC(c1ncc(Cl)cc1Cl)c1sccc1Br. The van der Waals surface area contributed by atoms with Gasteiger partial charge in [-0.3, -0.25) is 4.98 Å². The second kappa shape index (κ2) is 5.02. The third kappa shape index (κ3) is 2.41. The lowest BCUT2D eigenvalue weighted by Gasteiger charge is -2.11. The molecule has 0 aliphatic heterocycles. The first-order chi connectivity index (χ1) is 7.59. The zero-order chi connectivity index (χ0) is 11.7. The monoisotopic (exact) mass is 336 g/mol. The average Bonchev–Trinajstić information content (AvgIpc) is 2.63. The average molecular weight is 338 g/mol. The molecule has 0 aliphatic carbocycles. The van der Waals surface area contributed by atoms with Gasteiger partial charge in [0.15, 0.2) is 0 Å². The molecule has 0 aliphatic rings. The largest absolute Gasteiger partial charge is 0.318 e. The Labute approximate surface area is 116 Å². The number of rotatable bonds is 2.